The van der Waals surface area contributed by atoms with E-state index in [1.54, 1.807) is 30.6 Å². The van der Waals surface area contributed by atoms with Crippen LogP contribution in [0.1, 0.15) is 47.8 Å². The lowest BCUT2D eigenvalue weighted by molar-refractivity contribution is 0.0562. The quantitative estimate of drug-likeness (QED) is 0.288. The predicted octanol–water partition coefficient (Wildman–Crippen LogP) is 3.26. The molecule has 3 N–H and O–H groups in total. The Labute approximate surface area is 251 Å². The minimum atomic E-state index is -3.79. The van der Waals surface area contributed by atoms with E-state index in [0.29, 0.717) is 46.6 Å². The van der Waals surface area contributed by atoms with Crippen LogP contribution in [0.5, 0.6) is 5.75 Å². The molecule has 6 heterocycles. The summed E-state index contributed by atoms with van der Waals surface area (Å²) < 4.78 is 46.8. The lowest BCUT2D eigenvalue weighted by Crippen LogP contribution is -2.46. The number of ether oxygens (including phenoxy) is 1. The zero-order valence-electron chi connectivity index (χ0n) is 23.8. The van der Waals surface area contributed by atoms with Crippen LogP contribution in [0.2, 0.25) is 0 Å². The first-order valence-corrected chi connectivity index (χ1v) is 15.9. The normalized spacial score (nSPS) is 19.9. The number of piperidine rings is 1. The number of methoxy groups -OCH3 is 1. The lowest BCUT2D eigenvalue weighted by Gasteiger charge is -2.38. The van der Waals surface area contributed by atoms with Crippen molar-refractivity contribution >= 4 is 27.2 Å². The highest BCUT2D eigenvalue weighted by molar-refractivity contribution is 7.91. The maximum absolute atomic E-state index is 14.3. The monoisotopic (exact) mass is 617 g/mol. The Morgan fingerprint density at radius 3 is 2.45 bits per heavy atom. The molecule has 0 saturated carbocycles. The van der Waals surface area contributed by atoms with E-state index in [4.69, 9.17) is 15.5 Å². The molecule has 2 aliphatic heterocycles. The van der Waals surface area contributed by atoms with E-state index in [0.717, 1.165) is 19.1 Å². The number of nitrogen functional groups attached to an aromatic ring is 1. The number of halogens is 1. The molecule has 2 aliphatic rings. The smallest absolute Gasteiger partial charge is 0.276 e. The van der Waals surface area contributed by atoms with E-state index in [1.807, 2.05) is 11.0 Å². The number of aromatic amines is 1. The van der Waals surface area contributed by atoms with Gasteiger partial charge in [-0.2, -0.15) is 25.0 Å². The maximum Gasteiger partial charge on any atom is 0.276 e. The summed E-state index contributed by atoms with van der Waals surface area (Å²) in [6.45, 7) is 0. The number of anilines is 1. The summed E-state index contributed by atoms with van der Waals surface area (Å²) in [5.41, 5.74) is 9.95. The number of aromatic nitrogens is 7. The number of H-pyrrole nitrogens is 1. The Kier molecular flexibility index (Phi) is 6.57. The molecule has 0 radical (unpaired) electrons. The molecule has 44 heavy (non-hydrogen) atoms. The van der Waals surface area contributed by atoms with Crippen molar-refractivity contribution in [2.24, 2.45) is 0 Å². The van der Waals surface area contributed by atoms with Crippen LogP contribution in [0.15, 0.2) is 53.8 Å². The molecule has 2 unspecified atom stereocenters. The number of sulfone groups is 1. The van der Waals surface area contributed by atoms with Gasteiger partial charge in [-0.1, -0.05) is 6.07 Å². The van der Waals surface area contributed by atoms with E-state index >= 15 is 0 Å². The van der Waals surface area contributed by atoms with Gasteiger partial charge in [0.1, 0.15) is 10.7 Å². The molecular formula is C29H28FN9O4S. The summed E-state index contributed by atoms with van der Waals surface area (Å²) in [6, 6.07) is 8.00. The van der Waals surface area contributed by atoms with Gasteiger partial charge in [-0.3, -0.25) is 9.78 Å². The van der Waals surface area contributed by atoms with Crippen molar-refractivity contribution in [2.45, 2.75) is 48.6 Å². The Morgan fingerprint density at radius 2 is 1.84 bits per heavy atom. The van der Waals surface area contributed by atoms with Gasteiger partial charge in [-0.25, -0.2) is 17.8 Å². The fourth-order valence-electron chi connectivity index (χ4n) is 6.60. The Balaban J connectivity index is 1.26. The van der Waals surface area contributed by atoms with Gasteiger partial charge in [0, 0.05) is 47.1 Å². The molecule has 1 amide bonds. The standard InChI is InChI=1S/C29H28FN9O4S/c1-43-24-8-4-15(11-21(24)30)22-7-3-16(12-32-22)20-13-34-39-27(31)26(44(2,41)42)25(35-28(20)39)17-9-18-5-6-19(10-17)38(18)29(40)23-14-33-37-36-23/h3-4,7-8,11-14,17-19H,5-6,9-10,31H2,1-2H3,(H,33,36,37)/t17?,18-,19?/m1/s1. The summed E-state index contributed by atoms with van der Waals surface area (Å²) in [5.74, 6) is -0.814. The number of nitrogens with zero attached hydrogens (tertiary/aromatic N) is 7. The van der Waals surface area contributed by atoms with Crippen molar-refractivity contribution < 1.29 is 22.3 Å². The van der Waals surface area contributed by atoms with Gasteiger partial charge >= 0.3 is 0 Å². The van der Waals surface area contributed by atoms with E-state index < -0.39 is 15.7 Å². The van der Waals surface area contributed by atoms with Gasteiger partial charge in [0.15, 0.2) is 32.7 Å². The van der Waals surface area contributed by atoms with Crippen molar-refractivity contribution in [3.63, 3.8) is 0 Å². The summed E-state index contributed by atoms with van der Waals surface area (Å²) in [4.78, 5) is 24.4. The number of benzene rings is 1. The summed E-state index contributed by atoms with van der Waals surface area (Å²) in [5, 5.41) is 14.6. The molecule has 226 valence electrons. The van der Waals surface area contributed by atoms with Crippen molar-refractivity contribution in [1.29, 1.82) is 0 Å². The number of hydrogen-bond donors (Lipinski definition) is 2. The highest BCUT2D eigenvalue weighted by Gasteiger charge is 2.46. The number of hydrogen-bond acceptors (Lipinski definition) is 10. The van der Waals surface area contributed by atoms with Gasteiger partial charge in [-0.05, 0) is 49.9 Å². The van der Waals surface area contributed by atoms with Crippen molar-refractivity contribution in [3.8, 4) is 28.1 Å². The molecule has 2 saturated heterocycles. The number of carbonyl (C=O) groups excluding carboxylic acids is 1. The fraction of sp³-hybridized carbons (Fsp3) is 0.310. The third-order valence-corrected chi connectivity index (χ3v) is 9.70. The molecule has 2 fully saturated rings. The number of pyridine rings is 1. The van der Waals surface area contributed by atoms with Crippen molar-refractivity contribution in [3.05, 3.63) is 66.1 Å². The third-order valence-electron chi connectivity index (χ3n) is 8.54. The Bertz CT molecular complexity index is 2000. The van der Waals surface area contributed by atoms with Crippen LogP contribution in [0.25, 0.3) is 28.0 Å². The van der Waals surface area contributed by atoms with Gasteiger partial charge in [0.2, 0.25) is 0 Å². The van der Waals surface area contributed by atoms with Crippen molar-refractivity contribution in [2.75, 3.05) is 19.1 Å². The van der Waals surface area contributed by atoms with Crippen LogP contribution >= 0.6 is 0 Å². The zero-order chi connectivity index (χ0) is 30.7. The molecule has 13 nitrogen and oxygen atoms in total. The molecule has 7 rings (SSSR count). The van der Waals surface area contributed by atoms with Crippen LogP contribution in [-0.4, -0.2) is 79.7 Å². The second-order valence-electron chi connectivity index (χ2n) is 11.2. The van der Waals surface area contributed by atoms with E-state index in [1.165, 1.54) is 23.9 Å². The van der Waals surface area contributed by atoms with E-state index in [9.17, 15) is 17.6 Å². The summed E-state index contributed by atoms with van der Waals surface area (Å²) >= 11 is 0. The largest absolute Gasteiger partial charge is 0.494 e. The Hall–Kier alpha value is -4.92. The van der Waals surface area contributed by atoms with Gasteiger partial charge < -0.3 is 15.4 Å². The van der Waals surface area contributed by atoms with Crippen LogP contribution in [0.4, 0.5) is 10.2 Å². The summed E-state index contributed by atoms with van der Waals surface area (Å²) in [7, 11) is -2.38. The predicted molar refractivity (Wildman–Crippen MR) is 157 cm³/mol. The first-order chi connectivity index (χ1) is 21.1. The second kappa shape index (κ2) is 10.4. The molecule has 3 atom stereocenters. The number of amides is 1. The summed E-state index contributed by atoms with van der Waals surface area (Å²) in [6.07, 6.45) is 8.38. The average Bonchev–Trinajstić information content (AvgIpc) is 3.75. The molecule has 0 spiro atoms. The maximum atomic E-state index is 14.3. The van der Waals surface area contributed by atoms with Crippen LogP contribution in [0.3, 0.4) is 0 Å². The number of nitrogens with two attached hydrogens (primary N) is 1. The van der Waals surface area contributed by atoms with E-state index in [-0.39, 0.29) is 46.1 Å². The topological polar surface area (TPSA) is 174 Å². The number of rotatable bonds is 6. The molecule has 1 aromatic carbocycles. The number of fused-ring (bicyclic) bond motifs is 3. The van der Waals surface area contributed by atoms with Crippen molar-refractivity contribution in [1.82, 2.24) is 39.9 Å². The molecular weight excluding hydrogens is 589 g/mol. The molecule has 15 heteroatoms. The first kappa shape index (κ1) is 27.9. The molecule has 4 aromatic heterocycles. The fourth-order valence-corrected chi connectivity index (χ4v) is 7.66. The average molecular weight is 618 g/mol. The van der Waals surface area contributed by atoms with Crippen LogP contribution < -0.4 is 10.5 Å². The van der Waals surface area contributed by atoms with Crippen LogP contribution in [-0.2, 0) is 9.84 Å². The van der Waals surface area contributed by atoms with Gasteiger partial charge in [-0.15, -0.1) is 0 Å². The minimum absolute atomic E-state index is 0.0227. The van der Waals surface area contributed by atoms with Gasteiger partial charge in [0.25, 0.3) is 5.91 Å². The highest BCUT2D eigenvalue weighted by atomic mass is 32.2. The van der Waals surface area contributed by atoms with E-state index in [2.05, 4.69) is 25.5 Å². The van der Waals surface area contributed by atoms with Crippen LogP contribution in [0, 0.1) is 5.82 Å². The minimum Gasteiger partial charge on any atom is -0.494 e. The second-order valence-corrected chi connectivity index (χ2v) is 13.1. The molecule has 5 aromatic rings. The highest BCUT2D eigenvalue weighted by Crippen LogP contribution is 2.45. The number of carbonyl (C=O) groups is 1. The zero-order valence-corrected chi connectivity index (χ0v) is 24.6. The number of nitrogens with one attached hydrogen (secondary N) is 1. The lowest BCUT2D eigenvalue weighted by atomic mass is 9.87. The molecule has 0 aliphatic carbocycles. The first-order valence-electron chi connectivity index (χ1n) is 14.0. The third kappa shape index (κ3) is 4.54. The Morgan fingerprint density at radius 1 is 1.09 bits per heavy atom. The SMILES string of the molecule is COc1ccc(-c2ccc(-c3cnn4c(N)c(S(C)(=O)=O)c(C5CC6CC[C@H](C5)N6C(=O)c5cn[nH]n5)nc34)cn2)cc1F. The molecule has 2 bridgehead atoms. The van der Waals surface area contributed by atoms with Gasteiger partial charge in [0.05, 0.1) is 30.9 Å².